The molecule has 0 aliphatic rings. The Hall–Kier alpha value is -1.61. The smallest absolute Gasteiger partial charge is 0.253 e. The van der Waals surface area contributed by atoms with Crippen molar-refractivity contribution in [2.75, 3.05) is 31.8 Å². The van der Waals surface area contributed by atoms with Gasteiger partial charge in [0, 0.05) is 12.8 Å². The number of carbonyl (C=O) groups excluding carboxylic acids is 1. The topological polar surface area (TPSA) is 62.6 Å². The Morgan fingerprint density at radius 2 is 2.20 bits per heavy atom. The molecule has 1 unspecified atom stereocenters. The molecule has 0 radical (unpaired) electrons. The summed E-state index contributed by atoms with van der Waals surface area (Å²) in [4.78, 5) is 13.5. The summed E-state index contributed by atoms with van der Waals surface area (Å²) in [5.74, 6) is -0.317. The van der Waals surface area contributed by atoms with Crippen LogP contribution >= 0.6 is 11.6 Å². The number of benzene rings is 1. The number of aryl methyl sites for hydroxylation is 1. The van der Waals surface area contributed by atoms with Gasteiger partial charge in [-0.3, -0.25) is 9.69 Å². The number of amides is 1. The summed E-state index contributed by atoms with van der Waals surface area (Å²) in [7, 11) is 1.50. The lowest BCUT2D eigenvalue weighted by Gasteiger charge is -2.22. The van der Waals surface area contributed by atoms with Crippen LogP contribution in [0.2, 0.25) is 0 Å². The lowest BCUT2D eigenvalue weighted by molar-refractivity contribution is -0.124. The van der Waals surface area contributed by atoms with Gasteiger partial charge >= 0.3 is 0 Å². The Labute approximate surface area is 123 Å². The van der Waals surface area contributed by atoms with Crippen molar-refractivity contribution in [1.29, 1.82) is 5.26 Å². The summed E-state index contributed by atoms with van der Waals surface area (Å²) < 4.78 is 9.99. The highest BCUT2D eigenvalue weighted by atomic mass is 35.5. The minimum Gasteiger partial charge on any atom is -0.381 e. The first-order chi connectivity index (χ1) is 9.60. The molecule has 0 aliphatic carbocycles. The van der Waals surface area contributed by atoms with E-state index >= 15 is 0 Å². The van der Waals surface area contributed by atoms with Gasteiger partial charge in [0.15, 0.2) is 5.56 Å². The van der Waals surface area contributed by atoms with Gasteiger partial charge in [-0.25, -0.2) is 0 Å². The van der Waals surface area contributed by atoms with Gasteiger partial charge in [-0.15, -0.1) is 0 Å². The van der Waals surface area contributed by atoms with Crippen LogP contribution in [-0.2, 0) is 14.3 Å². The van der Waals surface area contributed by atoms with Crippen molar-refractivity contribution in [1.82, 2.24) is 0 Å². The minimum atomic E-state index is -0.690. The van der Waals surface area contributed by atoms with E-state index in [-0.39, 0.29) is 25.7 Å². The summed E-state index contributed by atoms with van der Waals surface area (Å²) >= 11 is 5.80. The van der Waals surface area contributed by atoms with Gasteiger partial charge in [0.05, 0.1) is 12.7 Å². The maximum Gasteiger partial charge on any atom is 0.253 e. The number of nitrogens with zero attached hydrogens (tertiary/aromatic N) is 2. The van der Waals surface area contributed by atoms with E-state index in [2.05, 4.69) is 0 Å². The second kappa shape index (κ2) is 8.54. The molecule has 0 N–H and O–H groups in total. The van der Waals surface area contributed by atoms with Gasteiger partial charge in [-0.05, 0) is 18.6 Å². The quantitative estimate of drug-likeness (QED) is 0.571. The first-order valence-corrected chi connectivity index (χ1v) is 6.51. The monoisotopic (exact) mass is 296 g/mol. The van der Waals surface area contributed by atoms with Gasteiger partial charge in [0.1, 0.15) is 13.2 Å². The number of halogens is 1. The summed E-state index contributed by atoms with van der Waals surface area (Å²) in [5, 5.41) is 8.87. The zero-order valence-corrected chi connectivity index (χ0v) is 12.3. The predicted octanol–water partition coefficient (Wildman–Crippen LogP) is 2.08. The highest BCUT2D eigenvalue weighted by Gasteiger charge is 2.18. The van der Waals surface area contributed by atoms with Crippen LogP contribution in [0.25, 0.3) is 0 Å². The van der Waals surface area contributed by atoms with Gasteiger partial charge in [-0.1, -0.05) is 29.8 Å². The van der Waals surface area contributed by atoms with E-state index in [1.807, 2.05) is 31.2 Å². The fraction of sp³-hybridized carbons (Fsp3) is 0.429. The molecule has 1 rings (SSSR count). The molecule has 0 aromatic heterocycles. The first-order valence-electron chi connectivity index (χ1n) is 6.07. The number of para-hydroxylation sites is 1. The highest BCUT2D eigenvalue weighted by Crippen LogP contribution is 2.19. The number of anilines is 1. The standard InChI is InChI=1S/C14H17ClN2O3/c1-11-5-3-4-6-12(11)17(8-7-16)14(18)10-20-13(15)9-19-2/h3-6,13H,8-10H2,1-2H3. The summed E-state index contributed by atoms with van der Waals surface area (Å²) in [6.07, 6.45) is 0. The van der Waals surface area contributed by atoms with Crippen molar-refractivity contribution in [3.63, 3.8) is 0 Å². The molecule has 0 spiro atoms. The average Bonchev–Trinajstić information content (AvgIpc) is 2.43. The molecule has 0 bridgehead atoms. The molecule has 0 fully saturated rings. The van der Waals surface area contributed by atoms with Crippen LogP contribution in [0.5, 0.6) is 0 Å². The summed E-state index contributed by atoms with van der Waals surface area (Å²) in [6.45, 7) is 1.83. The van der Waals surface area contributed by atoms with E-state index in [9.17, 15) is 4.79 Å². The zero-order valence-electron chi connectivity index (χ0n) is 11.5. The van der Waals surface area contributed by atoms with E-state index in [0.29, 0.717) is 5.69 Å². The van der Waals surface area contributed by atoms with Crippen LogP contribution < -0.4 is 4.90 Å². The predicted molar refractivity (Wildman–Crippen MR) is 76.6 cm³/mol. The Bertz CT molecular complexity index is 488. The molecule has 0 saturated carbocycles. The summed E-state index contributed by atoms with van der Waals surface area (Å²) in [6, 6.07) is 9.34. The molecule has 6 heteroatoms. The number of hydrogen-bond acceptors (Lipinski definition) is 4. The van der Waals surface area contributed by atoms with E-state index < -0.39 is 5.56 Å². The van der Waals surface area contributed by atoms with Crippen LogP contribution in [-0.4, -0.2) is 38.3 Å². The van der Waals surface area contributed by atoms with Crippen LogP contribution in [0.15, 0.2) is 24.3 Å². The van der Waals surface area contributed by atoms with Crippen LogP contribution in [0, 0.1) is 18.3 Å². The molecular formula is C14H17ClN2O3. The lowest BCUT2D eigenvalue weighted by atomic mass is 10.2. The van der Waals surface area contributed by atoms with Crippen molar-refractivity contribution < 1.29 is 14.3 Å². The first kappa shape index (κ1) is 16.4. The van der Waals surface area contributed by atoms with Gasteiger partial charge in [0.25, 0.3) is 5.91 Å². The number of hydrogen-bond donors (Lipinski definition) is 0. The number of rotatable bonds is 7. The van der Waals surface area contributed by atoms with Crippen molar-refractivity contribution in [3.05, 3.63) is 29.8 Å². The fourth-order valence-corrected chi connectivity index (χ4v) is 1.85. The number of carbonyl (C=O) groups is 1. The molecule has 0 saturated heterocycles. The van der Waals surface area contributed by atoms with E-state index in [1.165, 1.54) is 12.0 Å². The van der Waals surface area contributed by atoms with Crippen LogP contribution in [0.1, 0.15) is 5.56 Å². The molecule has 1 aromatic rings. The molecule has 1 atom stereocenters. The highest BCUT2D eigenvalue weighted by molar-refractivity contribution is 6.19. The van der Waals surface area contributed by atoms with Crippen molar-refractivity contribution >= 4 is 23.2 Å². The van der Waals surface area contributed by atoms with E-state index in [0.717, 1.165) is 5.56 Å². The van der Waals surface area contributed by atoms with Crippen molar-refractivity contribution in [2.45, 2.75) is 12.5 Å². The van der Waals surface area contributed by atoms with E-state index in [4.69, 9.17) is 26.3 Å². The number of alkyl halides is 1. The summed E-state index contributed by atoms with van der Waals surface area (Å²) in [5.41, 5.74) is 0.917. The molecule has 0 heterocycles. The molecule has 108 valence electrons. The van der Waals surface area contributed by atoms with Gasteiger partial charge in [-0.2, -0.15) is 5.26 Å². The third-order valence-corrected chi connectivity index (χ3v) is 2.87. The Kier molecular flexibility index (Phi) is 7.02. The largest absolute Gasteiger partial charge is 0.381 e. The van der Waals surface area contributed by atoms with Crippen LogP contribution in [0.3, 0.4) is 0 Å². The molecule has 1 aromatic carbocycles. The van der Waals surface area contributed by atoms with Gasteiger partial charge in [0.2, 0.25) is 0 Å². The normalized spacial score (nSPS) is 11.7. The average molecular weight is 297 g/mol. The third-order valence-electron chi connectivity index (χ3n) is 2.62. The SMILES string of the molecule is COCC(Cl)OCC(=O)N(CC#N)c1ccccc1C. The maximum absolute atomic E-state index is 12.1. The van der Waals surface area contributed by atoms with Crippen LogP contribution in [0.4, 0.5) is 5.69 Å². The molecular weight excluding hydrogens is 280 g/mol. The Balaban J connectivity index is 2.74. The number of ether oxygens (including phenoxy) is 2. The molecule has 0 aliphatic heterocycles. The second-order valence-corrected chi connectivity index (χ2v) is 4.59. The second-order valence-electron chi connectivity index (χ2n) is 4.10. The number of methoxy groups -OCH3 is 1. The van der Waals surface area contributed by atoms with Crippen molar-refractivity contribution in [3.8, 4) is 6.07 Å². The lowest BCUT2D eigenvalue weighted by Crippen LogP contribution is -2.36. The molecule has 20 heavy (non-hydrogen) atoms. The van der Waals surface area contributed by atoms with E-state index in [1.54, 1.807) is 6.07 Å². The van der Waals surface area contributed by atoms with Crippen molar-refractivity contribution in [2.24, 2.45) is 0 Å². The zero-order chi connectivity index (χ0) is 15.0. The minimum absolute atomic E-state index is 0.0374. The molecule has 5 nitrogen and oxygen atoms in total. The maximum atomic E-state index is 12.1. The van der Waals surface area contributed by atoms with Gasteiger partial charge < -0.3 is 9.47 Å². The third kappa shape index (κ3) is 4.82. The fourth-order valence-electron chi connectivity index (χ4n) is 1.66. The molecule has 1 amide bonds. The number of nitriles is 1. The Morgan fingerprint density at radius 1 is 1.50 bits per heavy atom. The Morgan fingerprint density at radius 3 is 2.80 bits per heavy atom.